The molecule has 2 aliphatic rings. The van der Waals surface area contributed by atoms with E-state index in [0.717, 1.165) is 80.3 Å². The highest BCUT2D eigenvalue weighted by Gasteiger charge is 2.30. The lowest BCUT2D eigenvalue weighted by Crippen LogP contribution is -2.38. The number of piperidine rings is 1. The number of nitrogens with zero attached hydrogens (tertiary/aromatic N) is 2. The van der Waals surface area contributed by atoms with Crippen molar-refractivity contribution in [3.8, 4) is 17.0 Å². The Hall–Kier alpha value is -2.94. The predicted molar refractivity (Wildman–Crippen MR) is 162 cm³/mol. The lowest BCUT2D eigenvalue weighted by molar-refractivity contribution is -0.160. The van der Waals surface area contributed by atoms with Gasteiger partial charge in [-0.05, 0) is 94.3 Å². The van der Waals surface area contributed by atoms with Gasteiger partial charge in [0.2, 0.25) is 0 Å². The average molecular weight is 566 g/mol. The third kappa shape index (κ3) is 7.03. The van der Waals surface area contributed by atoms with Gasteiger partial charge in [-0.1, -0.05) is 24.3 Å². The van der Waals surface area contributed by atoms with Crippen LogP contribution in [0.5, 0.6) is 5.75 Å². The summed E-state index contributed by atoms with van der Waals surface area (Å²) in [5, 5.41) is 13.6. The molecule has 2 aromatic carbocycles. The molecule has 2 N–H and O–H groups in total. The highest BCUT2D eigenvalue weighted by molar-refractivity contribution is 7.14. The van der Waals surface area contributed by atoms with Crippen LogP contribution in [0, 0.1) is 19.8 Å². The molecular formula is C32H43N3O4S. The molecule has 0 radical (unpaired) electrons. The van der Waals surface area contributed by atoms with Gasteiger partial charge in [-0.25, -0.2) is 4.98 Å². The maximum atomic E-state index is 12.5. The molecule has 216 valence electrons. The van der Waals surface area contributed by atoms with Crippen LogP contribution in [-0.2, 0) is 29.1 Å². The van der Waals surface area contributed by atoms with Crippen molar-refractivity contribution in [3.63, 3.8) is 0 Å². The van der Waals surface area contributed by atoms with E-state index in [1.54, 1.807) is 11.3 Å². The molecule has 0 saturated carbocycles. The van der Waals surface area contributed by atoms with Crippen molar-refractivity contribution in [2.24, 2.45) is 5.92 Å². The molecule has 3 aromatic rings. The summed E-state index contributed by atoms with van der Waals surface area (Å²) in [7, 11) is 1.00. The molecule has 1 fully saturated rings. The Morgan fingerprint density at radius 3 is 2.62 bits per heavy atom. The fraction of sp³-hybridized carbons (Fsp3) is 0.500. The van der Waals surface area contributed by atoms with Crippen molar-refractivity contribution in [1.29, 1.82) is 0 Å². The van der Waals surface area contributed by atoms with Gasteiger partial charge in [-0.15, -0.1) is 11.3 Å². The molecule has 1 saturated heterocycles. The highest BCUT2D eigenvalue weighted by atomic mass is 32.1. The number of aromatic nitrogens is 1. The van der Waals surface area contributed by atoms with Crippen molar-refractivity contribution in [1.82, 2.24) is 10.3 Å². The first-order chi connectivity index (χ1) is 19.2. The van der Waals surface area contributed by atoms with Crippen LogP contribution in [-0.4, -0.2) is 48.4 Å². The van der Waals surface area contributed by atoms with E-state index in [-0.39, 0.29) is 11.9 Å². The number of ether oxygens (including phenoxy) is 2. The highest BCUT2D eigenvalue weighted by Crippen LogP contribution is 2.37. The Balaban J connectivity index is 0.00000181. The Morgan fingerprint density at radius 1 is 1.15 bits per heavy atom. The maximum Gasteiger partial charge on any atom is 0.309 e. The standard InChI is InChI=1S/C31H39N3O3S.CH4O/c1-20-7-6-8-26(28(20)36-18-24-10-9-23-17-32-14-11-25(23)21(24)2)27-19-38-30(33-27)34-15-12-22(13-16-34)29(35)37-31(3,4)5;1-2/h6-10,19,22,32H,11-18H2,1-5H3;2H,1H3. The molecule has 3 heterocycles. The fourth-order valence-electron chi connectivity index (χ4n) is 5.39. The van der Waals surface area contributed by atoms with E-state index in [9.17, 15) is 4.79 Å². The summed E-state index contributed by atoms with van der Waals surface area (Å²) in [5.41, 5.74) is 8.09. The van der Waals surface area contributed by atoms with Crippen LogP contribution in [0.2, 0.25) is 0 Å². The fourth-order valence-corrected chi connectivity index (χ4v) is 6.27. The number of carbonyl (C=O) groups excluding carboxylic acids is 1. The van der Waals surface area contributed by atoms with E-state index in [4.69, 9.17) is 19.6 Å². The van der Waals surface area contributed by atoms with Gasteiger partial charge in [-0.2, -0.15) is 0 Å². The summed E-state index contributed by atoms with van der Waals surface area (Å²) < 4.78 is 12.1. The summed E-state index contributed by atoms with van der Waals surface area (Å²) in [5.74, 6) is 0.779. The zero-order valence-corrected chi connectivity index (χ0v) is 25.5. The number of nitrogens with one attached hydrogen (secondary N) is 1. The monoisotopic (exact) mass is 565 g/mol. The third-order valence-corrected chi connectivity index (χ3v) is 8.43. The van der Waals surface area contributed by atoms with Gasteiger partial charge >= 0.3 is 5.97 Å². The lowest BCUT2D eigenvalue weighted by Gasteiger charge is -2.32. The summed E-state index contributed by atoms with van der Waals surface area (Å²) in [6.45, 7) is 14.2. The van der Waals surface area contributed by atoms with Crippen molar-refractivity contribution >= 4 is 22.4 Å². The van der Waals surface area contributed by atoms with E-state index < -0.39 is 5.60 Å². The molecule has 0 spiro atoms. The molecule has 0 aliphatic carbocycles. The molecule has 0 unspecified atom stereocenters. The van der Waals surface area contributed by atoms with Crippen LogP contribution in [0.15, 0.2) is 35.7 Å². The van der Waals surface area contributed by atoms with Crippen molar-refractivity contribution in [2.75, 3.05) is 31.6 Å². The number of anilines is 1. The molecule has 0 amide bonds. The number of fused-ring (bicyclic) bond motifs is 1. The number of esters is 1. The number of hydrogen-bond donors (Lipinski definition) is 2. The van der Waals surface area contributed by atoms with Crippen LogP contribution in [0.3, 0.4) is 0 Å². The molecule has 2 aliphatic heterocycles. The van der Waals surface area contributed by atoms with E-state index >= 15 is 0 Å². The molecule has 1 aromatic heterocycles. The van der Waals surface area contributed by atoms with Gasteiger partial charge in [0.15, 0.2) is 5.13 Å². The van der Waals surface area contributed by atoms with Crippen LogP contribution < -0.4 is 15.0 Å². The Labute approximate surface area is 242 Å². The largest absolute Gasteiger partial charge is 0.488 e. The molecule has 40 heavy (non-hydrogen) atoms. The second-order valence-corrected chi connectivity index (χ2v) is 12.3. The zero-order chi connectivity index (χ0) is 28.9. The first-order valence-electron chi connectivity index (χ1n) is 14.1. The van der Waals surface area contributed by atoms with Gasteiger partial charge < -0.3 is 24.8 Å². The van der Waals surface area contributed by atoms with Crippen LogP contribution >= 0.6 is 11.3 Å². The number of aryl methyl sites for hydroxylation is 1. The summed E-state index contributed by atoms with van der Waals surface area (Å²) in [6.07, 6.45) is 2.65. The maximum absolute atomic E-state index is 12.5. The number of aliphatic hydroxyl groups excluding tert-OH is 1. The zero-order valence-electron chi connectivity index (χ0n) is 24.7. The van der Waals surface area contributed by atoms with Crippen LogP contribution in [0.4, 0.5) is 5.13 Å². The topological polar surface area (TPSA) is 83.9 Å². The minimum atomic E-state index is -0.442. The minimum Gasteiger partial charge on any atom is -0.488 e. The summed E-state index contributed by atoms with van der Waals surface area (Å²) in [6, 6.07) is 10.7. The number of rotatable bonds is 6. The first-order valence-corrected chi connectivity index (χ1v) is 15.0. The molecule has 0 atom stereocenters. The van der Waals surface area contributed by atoms with Crippen molar-refractivity contribution in [3.05, 3.63) is 63.5 Å². The number of carbonyl (C=O) groups is 1. The number of aliphatic hydroxyl groups is 1. The SMILES string of the molecule is CO.Cc1cccc(-c2csc(N3CCC(C(=O)OC(C)(C)C)CC3)n2)c1OCc1ccc2c(c1C)CCNC2. The van der Waals surface area contributed by atoms with E-state index in [2.05, 4.69) is 59.8 Å². The summed E-state index contributed by atoms with van der Waals surface area (Å²) >= 11 is 1.65. The van der Waals surface area contributed by atoms with Gasteiger partial charge in [-0.3, -0.25) is 4.79 Å². The number of benzene rings is 2. The Kier molecular flexibility index (Phi) is 9.87. The smallest absolute Gasteiger partial charge is 0.309 e. The summed E-state index contributed by atoms with van der Waals surface area (Å²) in [4.78, 5) is 19.8. The van der Waals surface area contributed by atoms with E-state index in [1.807, 2.05) is 20.8 Å². The van der Waals surface area contributed by atoms with Crippen molar-refractivity contribution < 1.29 is 19.4 Å². The van der Waals surface area contributed by atoms with Gasteiger partial charge in [0.05, 0.1) is 11.6 Å². The molecule has 8 heteroatoms. The predicted octanol–water partition coefficient (Wildman–Crippen LogP) is 5.82. The second kappa shape index (κ2) is 13.1. The molecule has 7 nitrogen and oxygen atoms in total. The second-order valence-electron chi connectivity index (χ2n) is 11.5. The van der Waals surface area contributed by atoms with E-state index in [0.29, 0.717) is 6.61 Å². The molecule has 0 bridgehead atoms. The Morgan fingerprint density at radius 2 is 1.90 bits per heavy atom. The van der Waals surface area contributed by atoms with Gasteiger partial charge in [0, 0.05) is 37.7 Å². The number of para-hydroxylation sites is 1. The van der Waals surface area contributed by atoms with Gasteiger partial charge in [0.25, 0.3) is 0 Å². The van der Waals surface area contributed by atoms with Crippen molar-refractivity contribution in [2.45, 2.75) is 72.6 Å². The lowest BCUT2D eigenvalue weighted by atomic mass is 9.93. The normalized spacial score (nSPS) is 15.6. The first kappa shape index (κ1) is 30.0. The number of thiazole rings is 1. The Bertz CT molecular complexity index is 1310. The van der Waals surface area contributed by atoms with Crippen LogP contribution in [0.25, 0.3) is 11.3 Å². The van der Waals surface area contributed by atoms with E-state index in [1.165, 1.54) is 22.3 Å². The molecular weight excluding hydrogens is 522 g/mol. The van der Waals surface area contributed by atoms with Crippen LogP contribution in [0.1, 0.15) is 61.4 Å². The third-order valence-electron chi connectivity index (χ3n) is 7.53. The number of hydrogen-bond acceptors (Lipinski definition) is 8. The minimum absolute atomic E-state index is 0.0370. The average Bonchev–Trinajstić information content (AvgIpc) is 3.44. The van der Waals surface area contributed by atoms with Gasteiger partial charge in [0.1, 0.15) is 18.0 Å². The quantitative estimate of drug-likeness (QED) is 0.365. The molecule has 5 rings (SSSR count).